The number of fused-ring (bicyclic) bond motifs is 1. The fourth-order valence-electron chi connectivity index (χ4n) is 7.91. The molecule has 0 radical (unpaired) electrons. The molecule has 1 unspecified atom stereocenters. The van der Waals surface area contributed by atoms with Crippen molar-refractivity contribution in [3.63, 3.8) is 0 Å². The van der Waals surface area contributed by atoms with Crippen LogP contribution in [-0.4, -0.2) is 118 Å². The molecule has 9 heterocycles. The standard InChI is InChI=1S/C22H21ClN6O.C22H27ClN4O5.C9H12ClN3O.CH4/c1-13-20(15-10-16(23)22(26-12-15)29-6-8-30-9-7-29)21-18(27-13)3-2-17(28-21)14-4-5-25-19(24)11-14;1-13(28)25-16-9-8-15(26-18(16)23)14-10-11-24-17(12-14)27(19(29)31-21(2,3)4)20(30)32-22(5,6)7;10-8-5-7(11)6-12-9(8)13-1-3-14-4-2-13;/h2-5,10-12,20H,6-9H2,1H3,(H2,24,25);8-12H,1-7H3,(H,25,28);5-6H,1-4,11H2;1H4. The number of morpholine rings is 2. The first kappa shape index (κ1) is 59.0. The summed E-state index contributed by atoms with van der Waals surface area (Å²) in [4.78, 5) is 72.9. The summed E-state index contributed by atoms with van der Waals surface area (Å²) in [6, 6.07) is 17.8. The van der Waals surface area contributed by atoms with Crippen LogP contribution in [0.3, 0.4) is 0 Å². The van der Waals surface area contributed by atoms with Crippen LogP contribution in [0.15, 0.2) is 90.4 Å². The Bertz CT molecular complexity index is 3080. The number of nitrogens with two attached hydrogens (primary N) is 2. The smallest absolute Gasteiger partial charge is 0.425 e. The predicted molar refractivity (Wildman–Crippen MR) is 304 cm³/mol. The molecule has 20 nitrogen and oxygen atoms in total. The molecule has 3 amide bonds. The van der Waals surface area contributed by atoms with E-state index in [0.29, 0.717) is 51.7 Å². The fraction of sp³-hybridized carbons (Fsp3) is 0.370. The van der Waals surface area contributed by atoms with Crippen molar-refractivity contribution < 1.29 is 33.3 Å². The minimum absolute atomic E-state index is 0. The van der Waals surface area contributed by atoms with Crippen molar-refractivity contribution >= 4 is 98.9 Å². The molecule has 3 aliphatic heterocycles. The number of nitrogens with zero attached hydrogens (tertiary/aromatic N) is 10. The molecule has 408 valence electrons. The largest absolute Gasteiger partial charge is 0.443 e. The Morgan fingerprint density at radius 1 is 0.701 bits per heavy atom. The Balaban J connectivity index is 0.000000199. The maximum Gasteiger partial charge on any atom is 0.425 e. The molecule has 2 saturated heterocycles. The summed E-state index contributed by atoms with van der Waals surface area (Å²) >= 11 is 18.8. The molecule has 2 fully saturated rings. The monoisotopic (exact) mass is 1110 g/mol. The number of rotatable bonds is 7. The third-order valence-electron chi connectivity index (χ3n) is 11.2. The first-order valence-corrected chi connectivity index (χ1v) is 25.3. The van der Waals surface area contributed by atoms with Gasteiger partial charge in [0.25, 0.3) is 0 Å². The quantitative estimate of drug-likeness (QED) is 0.126. The topological polar surface area (TPSA) is 252 Å². The third-order valence-corrected chi connectivity index (χ3v) is 12.0. The van der Waals surface area contributed by atoms with E-state index in [0.717, 1.165) is 89.8 Å². The number of halogens is 3. The Kier molecular flexibility index (Phi) is 19.7. The molecule has 6 aromatic rings. The van der Waals surface area contributed by atoms with Crippen LogP contribution in [0.25, 0.3) is 22.5 Å². The van der Waals surface area contributed by atoms with Gasteiger partial charge in [0.2, 0.25) is 5.91 Å². The van der Waals surface area contributed by atoms with Gasteiger partial charge in [-0.25, -0.2) is 39.5 Å². The SMILES string of the molecule is C.CC(=O)Nc1ccc(-c2ccnc(N(C(=O)OC(C)(C)C)C(=O)OC(C)(C)C)c2)nc1Cl.CC1=Nc2ccc(-c3ccnc(N)c3)nc2C1c1cnc(N2CCOCC2)c(Cl)c1.Nc1cnc(N2CCOCC2)c(Cl)c1. The van der Waals surface area contributed by atoms with Crippen LogP contribution in [-0.2, 0) is 23.7 Å². The molecule has 3 aliphatic rings. The van der Waals surface area contributed by atoms with Crippen LogP contribution in [0.4, 0.5) is 49.9 Å². The normalized spacial score (nSPS) is 15.0. The van der Waals surface area contributed by atoms with E-state index in [-0.39, 0.29) is 30.2 Å². The van der Waals surface area contributed by atoms with Crippen molar-refractivity contribution in [2.45, 2.75) is 79.9 Å². The maximum atomic E-state index is 12.8. The second-order valence-electron chi connectivity index (χ2n) is 19.5. The van der Waals surface area contributed by atoms with Gasteiger partial charge in [0.15, 0.2) is 5.15 Å². The highest BCUT2D eigenvalue weighted by Gasteiger charge is 2.34. The van der Waals surface area contributed by atoms with Gasteiger partial charge in [0, 0.05) is 68.5 Å². The first-order valence-electron chi connectivity index (χ1n) is 24.2. The van der Waals surface area contributed by atoms with Crippen molar-refractivity contribution in [1.82, 2.24) is 29.9 Å². The highest BCUT2D eigenvalue weighted by Crippen LogP contribution is 2.41. The number of ether oxygens (including phenoxy) is 4. The molecule has 9 rings (SSSR count). The third kappa shape index (κ3) is 15.9. The molecular formula is C54H64Cl3N13O7. The van der Waals surface area contributed by atoms with Gasteiger partial charge in [-0.2, -0.15) is 4.90 Å². The molecule has 6 aromatic heterocycles. The number of pyridine rings is 6. The van der Waals surface area contributed by atoms with Crippen LogP contribution in [0.1, 0.15) is 80.0 Å². The van der Waals surface area contributed by atoms with Crippen molar-refractivity contribution in [2.24, 2.45) is 4.99 Å². The number of hydrogen-bond acceptors (Lipinski definition) is 18. The Hall–Kier alpha value is -7.23. The second-order valence-corrected chi connectivity index (χ2v) is 20.7. The summed E-state index contributed by atoms with van der Waals surface area (Å²) < 4.78 is 21.4. The highest BCUT2D eigenvalue weighted by atomic mass is 35.5. The van der Waals surface area contributed by atoms with Crippen LogP contribution >= 0.6 is 34.8 Å². The number of amides is 3. The zero-order valence-electron chi connectivity index (χ0n) is 43.4. The van der Waals surface area contributed by atoms with Crippen molar-refractivity contribution in [3.8, 4) is 22.5 Å². The Morgan fingerprint density at radius 3 is 1.77 bits per heavy atom. The fourth-order valence-corrected chi connectivity index (χ4v) is 8.70. The molecule has 0 aromatic carbocycles. The molecule has 23 heteroatoms. The van der Waals surface area contributed by atoms with E-state index < -0.39 is 23.4 Å². The number of carbonyl (C=O) groups is 3. The van der Waals surface area contributed by atoms with Gasteiger partial charge in [-0.05, 0) is 115 Å². The zero-order chi connectivity index (χ0) is 54.9. The molecule has 5 N–H and O–H groups in total. The predicted octanol–water partition coefficient (Wildman–Crippen LogP) is 11.1. The summed E-state index contributed by atoms with van der Waals surface area (Å²) in [5, 5.41) is 3.90. The number of aliphatic imine (C=N–C) groups is 1. The number of carbonyl (C=O) groups excluding carboxylic acids is 3. The molecule has 77 heavy (non-hydrogen) atoms. The second kappa shape index (κ2) is 25.7. The van der Waals surface area contributed by atoms with Crippen molar-refractivity contribution in [1.29, 1.82) is 0 Å². The molecule has 1 atom stereocenters. The average Bonchev–Trinajstić information content (AvgIpc) is 3.71. The average molecular weight is 1110 g/mol. The maximum absolute atomic E-state index is 12.8. The molecule has 0 spiro atoms. The van der Waals surface area contributed by atoms with E-state index >= 15 is 0 Å². The van der Waals surface area contributed by atoms with Crippen LogP contribution in [0, 0.1) is 0 Å². The summed E-state index contributed by atoms with van der Waals surface area (Å²) in [7, 11) is 0. The molecule has 0 saturated carbocycles. The number of imide groups is 1. The van der Waals surface area contributed by atoms with Crippen molar-refractivity contribution in [3.05, 3.63) is 112 Å². The van der Waals surface area contributed by atoms with E-state index in [4.69, 9.17) is 75.2 Å². The van der Waals surface area contributed by atoms with Gasteiger partial charge >= 0.3 is 12.2 Å². The Morgan fingerprint density at radius 2 is 1.23 bits per heavy atom. The van der Waals surface area contributed by atoms with Gasteiger partial charge < -0.3 is 45.5 Å². The van der Waals surface area contributed by atoms with Crippen LogP contribution in [0.5, 0.6) is 0 Å². The highest BCUT2D eigenvalue weighted by molar-refractivity contribution is 6.33. The zero-order valence-corrected chi connectivity index (χ0v) is 45.7. The number of hydrogen-bond donors (Lipinski definition) is 3. The number of aromatic nitrogens is 6. The Labute approximate surface area is 463 Å². The van der Waals surface area contributed by atoms with E-state index in [9.17, 15) is 14.4 Å². The van der Waals surface area contributed by atoms with Crippen LogP contribution < -0.4 is 31.5 Å². The van der Waals surface area contributed by atoms with Crippen molar-refractivity contribution in [2.75, 3.05) is 84.1 Å². The summed E-state index contributed by atoms with van der Waals surface area (Å²) in [5.74, 6) is 1.69. The van der Waals surface area contributed by atoms with E-state index in [2.05, 4.69) is 40.0 Å². The minimum Gasteiger partial charge on any atom is -0.443 e. The van der Waals surface area contributed by atoms with Gasteiger partial charge in [0.05, 0.1) is 82.7 Å². The molecular weight excluding hydrogens is 1050 g/mol. The molecule has 0 aliphatic carbocycles. The van der Waals surface area contributed by atoms with Gasteiger partial charge in [-0.15, -0.1) is 0 Å². The van der Waals surface area contributed by atoms with Gasteiger partial charge in [-0.3, -0.25) is 9.79 Å². The van der Waals surface area contributed by atoms with Gasteiger partial charge in [0.1, 0.15) is 34.5 Å². The first-order chi connectivity index (χ1) is 36.0. The number of anilines is 6. The van der Waals surface area contributed by atoms with E-state index in [1.54, 1.807) is 78.2 Å². The van der Waals surface area contributed by atoms with Crippen LogP contribution in [0.2, 0.25) is 15.2 Å². The lowest BCUT2D eigenvalue weighted by molar-refractivity contribution is -0.114. The summed E-state index contributed by atoms with van der Waals surface area (Å²) in [5.41, 5.74) is 17.1. The van der Waals surface area contributed by atoms with E-state index in [1.807, 2.05) is 43.5 Å². The summed E-state index contributed by atoms with van der Waals surface area (Å²) in [6.45, 7) is 19.6. The minimum atomic E-state index is -0.927. The van der Waals surface area contributed by atoms with Gasteiger partial charge in [-0.1, -0.05) is 42.2 Å². The summed E-state index contributed by atoms with van der Waals surface area (Å²) in [6.07, 6.45) is 4.76. The lowest BCUT2D eigenvalue weighted by atomic mass is 9.93. The van der Waals surface area contributed by atoms with E-state index in [1.165, 1.54) is 19.2 Å². The number of nitrogens with one attached hydrogen (secondary N) is 1. The number of nitrogen functional groups attached to an aromatic ring is 2. The lowest BCUT2D eigenvalue weighted by Crippen LogP contribution is -2.44. The molecule has 0 bridgehead atoms. The lowest BCUT2D eigenvalue weighted by Gasteiger charge is -2.28.